The zero-order valence-corrected chi connectivity index (χ0v) is 6.68. The molecule has 0 N–H and O–H groups in total. The molecule has 0 aromatic heterocycles. The molecule has 62 valence electrons. The average molecular weight is 162 g/mol. The Morgan fingerprint density at radius 2 is 2.08 bits per heavy atom. The van der Waals surface area contributed by atoms with Gasteiger partial charge in [-0.15, -0.1) is 5.11 Å². The molecule has 3 heteroatoms. The highest BCUT2D eigenvalue weighted by atomic mass is 16.6. The maximum Gasteiger partial charge on any atom is 0.136 e. The molecule has 0 spiro atoms. The molecule has 0 radical (unpaired) electrons. The van der Waals surface area contributed by atoms with Crippen molar-refractivity contribution in [2.45, 2.75) is 0 Å². The molecule has 0 aliphatic rings. The number of benzene rings is 1. The minimum Gasteiger partial charge on any atom is -0.375 e. The van der Waals surface area contributed by atoms with Gasteiger partial charge in [0.15, 0.2) is 0 Å². The van der Waals surface area contributed by atoms with Crippen molar-refractivity contribution in [3.05, 3.63) is 43.0 Å². The van der Waals surface area contributed by atoms with E-state index in [-0.39, 0.29) is 0 Å². The lowest BCUT2D eigenvalue weighted by molar-refractivity contribution is 0.154. The average Bonchev–Trinajstić information content (AvgIpc) is 2.14. The van der Waals surface area contributed by atoms with Crippen LogP contribution in [0.3, 0.4) is 0 Å². The quantitative estimate of drug-likeness (QED) is 0.290. The molecule has 1 rings (SSSR count). The van der Waals surface area contributed by atoms with Gasteiger partial charge in [0.2, 0.25) is 0 Å². The van der Waals surface area contributed by atoms with E-state index in [0.29, 0.717) is 6.61 Å². The molecule has 1 aromatic carbocycles. The first-order chi connectivity index (χ1) is 5.93. The normalized spacial score (nSPS) is 10.0. The van der Waals surface area contributed by atoms with Gasteiger partial charge < -0.3 is 4.84 Å². The zero-order valence-electron chi connectivity index (χ0n) is 6.68. The molecule has 0 saturated heterocycles. The van der Waals surface area contributed by atoms with Crippen LogP contribution in [0.5, 0.6) is 0 Å². The van der Waals surface area contributed by atoms with Crippen molar-refractivity contribution in [2.75, 3.05) is 6.61 Å². The lowest BCUT2D eigenvalue weighted by atomic mass is 10.3. The van der Waals surface area contributed by atoms with Crippen LogP contribution < -0.4 is 0 Å². The Hall–Kier alpha value is -1.64. The van der Waals surface area contributed by atoms with Gasteiger partial charge in [0.05, 0.1) is 5.69 Å². The van der Waals surface area contributed by atoms with E-state index >= 15 is 0 Å². The van der Waals surface area contributed by atoms with E-state index in [0.717, 1.165) is 5.69 Å². The molecule has 0 saturated carbocycles. The summed E-state index contributed by atoms with van der Waals surface area (Å²) in [4.78, 5) is 4.73. The Bertz CT molecular complexity index is 256. The van der Waals surface area contributed by atoms with E-state index in [1.165, 1.54) is 0 Å². The second-order valence-electron chi connectivity index (χ2n) is 2.10. The lowest BCUT2D eigenvalue weighted by Crippen LogP contribution is -1.77. The summed E-state index contributed by atoms with van der Waals surface area (Å²) in [5.41, 5.74) is 0.779. The molecule has 0 heterocycles. The van der Waals surface area contributed by atoms with Gasteiger partial charge in [0.25, 0.3) is 0 Å². The van der Waals surface area contributed by atoms with Crippen LogP contribution in [-0.2, 0) is 4.84 Å². The van der Waals surface area contributed by atoms with E-state index in [1.807, 2.05) is 30.3 Å². The van der Waals surface area contributed by atoms with Gasteiger partial charge in [-0.1, -0.05) is 30.9 Å². The first-order valence-electron chi connectivity index (χ1n) is 3.62. The highest BCUT2D eigenvalue weighted by Crippen LogP contribution is 2.09. The first-order valence-corrected chi connectivity index (χ1v) is 3.62. The van der Waals surface area contributed by atoms with E-state index in [4.69, 9.17) is 4.84 Å². The van der Waals surface area contributed by atoms with Crippen LogP contribution in [0.2, 0.25) is 0 Å². The summed E-state index contributed by atoms with van der Waals surface area (Å²) >= 11 is 0. The van der Waals surface area contributed by atoms with Gasteiger partial charge in [0, 0.05) is 5.28 Å². The fourth-order valence-corrected chi connectivity index (χ4v) is 0.657. The number of rotatable bonds is 4. The number of hydrogen-bond acceptors (Lipinski definition) is 3. The van der Waals surface area contributed by atoms with Crippen LogP contribution in [0.15, 0.2) is 53.4 Å². The predicted octanol–water partition coefficient (Wildman–Crippen LogP) is 2.89. The minimum absolute atomic E-state index is 0.385. The van der Waals surface area contributed by atoms with Crippen molar-refractivity contribution in [1.29, 1.82) is 0 Å². The van der Waals surface area contributed by atoms with Gasteiger partial charge in [0.1, 0.15) is 6.61 Å². The van der Waals surface area contributed by atoms with Crippen LogP contribution in [0.1, 0.15) is 0 Å². The standard InChI is InChI=1S/C9H10N2O/c1-2-8-12-11-10-9-6-4-3-5-7-9/h2-7H,1,8H2. The SMILES string of the molecule is C=CCON=Nc1ccccc1. The third-order valence-electron chi connectivity index (χ3n) is 1.16. The number of nitrogens with zero attached hydrogens (tertiary/aromatic N) is 2. The summed E-state index contributed by atoms with van der Waals surface area (Å²) in [6.45, 7) is 3.86. The maximum absolute atomic E-state index is 4.73. The molecule has 0 atom stereocenters. The van der Waals surface area contributed by atoms with Gasteiger partial charge in [-0.25, -0.2) is 0 Å². The molecule has 0 unspecified atom stereocenters. The van der Waals surface area contributed by atoms with Crippen molar-refractivity contribution in [2.24, 2.45) is 10.4 Å². The van der Waals surface area contributed by atoms with E-state index in [9.17, 15) is 0 Å². The predicted molar refractivity (Wildman–Crippen MR) is 47.1 cm³/mol. The second kappa shape index (κ2) is 5.07. The van der Waals surface area contributed by atoms with Crippen molar-refractivity contribution in [3.63, 3.8) is 0 Å². The molecule has 0 amide bonds. The molecule has 3 nitrogen and oxygen atoms in total. The van der Waals surface area contributed by atoms with Gasteiger partial charge in [-0.2, -0.15) is 0 Å². The second-order valence-corrected chi connectivity index (χ2v) is 2.10. The summed E-state index contributed by atoms with van der Waals surface area (Å²) in [5, 5.41) is 7.28. The Kier molecular flexibility index (Phi) is 3.57. The fourth-order valence-electron chi connectivity index (χ4n) is 0.657. The smallest absolute Gasteiger partial charge is 0.136 e. The van der Waals surface area contributed by atoms with Gasteiger partial charge in [-0.3, -0.25) is 0 Å². The van der Waals surface area contributed by atoms with Crippen LogP contribution in [0.4, 0.5) is 5.69 Å². The zero-order chi connectivity index (χ0) is 8.65. The summed E-state index contributed by atoms with van der Waals surface area (Å²) in [5.74, 6) is 0. The third kappa shape index (κ3) is 2.96. The van der Waals surface area contributed by atoms with Gasteiger partial charge in [-0.05, 0) is 12.1 Å². The van der Waals surface area contributed by atoms with Crippen molar-refractivity contribution in [1.82, 2.24) is 0 Å². The molecule has 0 fully saturated rings. The van der Waals surface area contributed by atoms with Crippen molar-refractivity contribution >= 4 is 5.69 Å². The summed E-state index contributed by atoms with van der Waals surface area (Å²) in [6, 6.07) is 9.40. The van der Waals surface area contributed by atoms with E-state index < -0.39 is 0 Å². The highest BCUT2D eigenvalue weighted by Gasteiger charge is 1.83. The molecule has 1 aromatic rings. The summed E-state index contributed by atoms with van der Waals surface area (Å²) in [7, 11) is 0. The van der Waals surface area contributed by atoms with Crippen LogP contribution in [0.25, 0.3) is 0 Å². The van der Waals surface area contributed by atoms with E-state index in [1.54, 1.807) is 6.08 Å². The van der Waals surface area contributed by atoms with Crippen molar-refractivity contribution < 1.29 is 4.84 Å². The molecule has 0 aliphatic carbocycles. The summed E-state index contributed by atoms with van der Waals surface area (Å²) < 4.78 is 0. The fraction of sp³-hybridized carbons (Fsp3) is 0.111. The largest absolute Gasteiger partial charge is 0.375 e. The molecular formula is C9H10N2O. The Morgan fingerprint density at radius 1 is 1.33 bits per heavy atom. The van der Waals surface area contributed by atoms with Crippen molar-refractivity contribution in [3.8, 4) is 0 Å². The summed E-state index contributed by atoms with van der Waals surface area (Å²) in [6.07, 6.45) is 1.62. The third-order valence-corrected chi connectivity index (χ3v) is 1.16. The molecule has 0 bridgehead atoms. The minimum atomic E-state index is 0.385. The van der Waals surface area contributed by atoms with Gasteiger partial charge >= 0.3 is 0 Å². The maximum atomic E-state index is 4.73. The highest BCUT2D eigenvalue weighted by molar-refractivity contribution is 5.34. The molecule has 0 aliphatic heterocycles. The number of hydrogen-bond donors (Lipinski definition) is 0. The first kappa shape index (κ1) is 8.46. The van der Waals surface area contributed by atoms with Crippen LogP contribution >= 0.6 is 0 Å². The molecular weight excluding hydrogens is 152 g/mol. The Labute approximate surface area is 71.4 Å². The Morgan fingerprint density at radius 3 is 2.75 bits per heavy atom. The van der Waals surface area contributed by atoms with Crippen LogP contribution in [-0.4, -0.2) is 6.61 Å². The van der Waals surface area contributed by atoms with E-state index in [2.05, 4.69) is 17.0 Å². The lowest BCUT2D eigenvalue weighted by Gasteiger charge is -1.90. The van der Waals surface area contributed by atoms with Crippen LogP contribution in [0, 0.1) is 0 Å². The molecule has 12 heavy (non-hydrogen) atoms. The Balaban J connectivity index is 2.41. The topological polar surface area (TPSA) is 34.0 Å². The monoisotopic (exact) mass is 162 g/mol.